The molecule has 2 fully saturated rings. The fraction of sp³-hybridized carbons (Fsp3) is 0.550. The predicted molar refractivity (Wildman–Crippen MR) is 99.1 cm³/mol. The Kier molecular flexibility index (Phi) is 5.27. The van der Waals surface area contributed by atoms with Crippen LogP contribution in [-0.2, 0) is 11.3 Å². The summed E-state index contributed by atoms with van der Waals surface area (Å²) in [5, 5.41) is 4.14. The van der Waals surface area contributed by atoms with E-state index in [9.17, 15) is 9.59 Å². The molecule has 2 aliphatic rings. The Morgan fingerprint density at radius 3 is 2.52 bits per heavy atom. The topological polar surface area (TPSA) is 71.6 Å². The summed E-state index contributed by atoms with van der Waals surface area (Å²) in [6.45, 7) is 3.51. The summed E-state index contributed by atoms with van der Waals surface area (Å²) in [5.74, 6) is 1.31. The van der Waals surface area contributed by atoms with E-state index in [1.165, 1.54) is 6.42 Å². The van der Waals surface area contributed by atoms with Gasteiger partial charge in [0, 0.05) is 44.5 Å². The van der Waals surface area contributed by atoms with Gasteiger partial charge in [0.2, 0.25) is 5.91 Å². The van der Waals surface area contributed by atoms with Gasteiger partial charge in [-0.3, -0.25) is 14.3 Å². The molecule has 2 amide bonds. The van der Waals surface area contributed by atoms with Gasteiger partial charge in [-0.1, -0.05) is 0 Å². The van der Waals surface area contributed by atoms with Gasteiger partial charge in [0.05, 0.1) is 6.54 Å². The van der Waals surface area contributed by atoms with E-state index in [4.69, 9.17) is 4.42 Å². The molecule has 27 heavy (non-hydrogen) atoms. The van der Waals surface area contributed by atoms with Crippen LogP contribution in [-0.4, -0.2) is 57.6 Å². The number of hydrogen-bond acceptors (Lipinski definition) is 4. The number of nitrogens with zero attached hydrogens (tertiary/aromatic N) is 4. The molecule has 0 saturated carbocycles. The first-order chi connectivity index (χ1) is 13.2. The number of carbonyl (C=O) groups excluding carboxylic acids is 2. The molecule has 4 rings (SSSR count). The smallest absolute Gasteiger partial charge is 0.289 e. The fourth-order valence-electron chi connectivity index (χ4n) is 3.99. The quantitative estimate of drug-likeness (QED) is 0.828. The summed E-state index contributed by atoms with van der Waals surface area (Å²) in [4.78, 5) is 29.2. The third kappa shape index (κ3) is 4.07. The highest BCUT2D eigenvalue weighted by atomic mass is 16.4. The summed E-state index contributed by atoms with van der Waals surface area (Å²) >= 11 is 0. The number of hydrogen-bond donors (Lipinski definition) is 0. The van der Waals surface area contributed by atoms with Crippen molar-refractivity contribution < 1.29 is 14.0 Å². The van der Waals surface area contributed by atoms with Gasteiger partial charge in [0.25, 0.3) is 5.91 Å². The first kappa shape index (κ1) is 17.8. The van der Waals surface area contributed by atoms with E-state index in [2.05, 4.69) is 5.10 Å². The number of rotatable bonds is 4. The normalized spacial score (nSPS) is 18.7. The molecule has 0 radical (unpaired) electrons. The Hall–Kier alpha value is -2.57. The third-order valence-electron chi connectivity index (χ3n) is 5.55. The molecule has 144 valence electrons. The van der Waals surface area contributed by atoms with Crippen LogP contribution < -0.4 is 0 Å². The van der Waals surface area contributed by atoms with E-state index in [0.29, 0.717) is 31.2 Å². The van der Waals surface area contributed by atoms with Crippen molar-refractivity contribution in [3.8, 4) is 0 Å². The molecule has 2 aliphatic heterocycles. The van der Waals surface area contributed by atoms with Crippen LogP contribution >= 0.6 is 0 Å². The Bertz CT molecular complexity index is 769. The van der Waals surface area contributed by atoms with Crippen LogP contribution in [0.4, 0.5) is 0 Å². The van der Waals surface area contributed by atoms with Crippen LogP contribution in [0.25, 0.3) is 0 Å². The van der Waals surface area contributed by atoms with E-state index >= 15 is 0 Å². The third-order valence-corrected chi connectivity index (χ3v) is 5.55. The summed E-state index contributed by atoms with van der Waals surface area (Å²) in [5.41, 5.74) is 0. The van der Waals surface area contributed by atoms with Crippen molar-refractivity contribution in [2.75, 3.05) is 26.2 Å². The van der Waals surface area contributed by atoms with Crippen LogP contribution in [0.2, 0.25) is 0 Å². The van der Waals surface area contributed by atoms with Crippen molar-refractivity contribution >= 4 is 11.8 Å². The Morgan fingerprint density at radius 1 is 1.04 bits per heavy atom. The molecular formula is C20H26N4O3. The maximum atomic E-state index is 12.7. The van der Waals surface area contributed by atoms with Crippen molar-refractivity contribution in [1.29, 1.82) is 0 Å². The van der Waals surface area contributed by atoms with Gasteiger partial charge in [-0.05, 0) is 50.3 Å². The van der Waals surface area contributed by atoms with Crippen LogP contribution in [0.15, 0.2) is 35.0 Å². The molecule has 0 N–H and O–H groups in total. The van der Waals surface area contributed by atoms with Gasteiger partial charge >= 0.3 is 0 Å². The van der Waals surface area contributed by atoms with Gasteiger partial charge in [-0.2, -0.15) is 5.10 Å². The monoisotopic (exact) mass is 370 g/mol. The maximum Gasteiger partial charge on any atom is 0.289 e. The molecule has 4 heterocycles. The van der Waals surface area contributed by atoms with Gasteiger partial charge in [0.1, 0.15) is 5.76 Å². The first-order valence-electron chi connectivity index (χ1n) is 9.85. The van der Waals surface area contributed by atoms with Crippen molar-refractivity contribution in [3.63, 3.8) is 0 Å². The first-order valence-corrected chi connectivity index (χ1v) is 9.85. The van der Waals surface area contributed by atoms with Crippen LogP contribution in [0.1, 0.15) is 48.4 Å². The largest absolute Gasteiger partial charge is 0.454 e. The van der Waals surface area contributed by atoms with Crippen molar-refractivity contribution in [2.24, 2.45) is 5.92 Å². The average Bonchev–Trinajstić information content (AvgIpc) is 3.40. The van der Waals surface area contributed by atoms with Crippen molar-refractivity contribution in [2.45, 2.75) is 38.6 Å². The number of carbonyl (C=O) groups is 2. The second-order valence-electron chi connectivity index (χ2n) is 7.42. The number of piperidine rings is 2. The molecule has 0 aliphatic carbocycles. The van der Waals surface area contributed by atoms with E-state index in [1.807, 2.05) is 23.2 Å². The zero-order valence-corrected chi connectivity index (χ0v) is 15.5. The van der Waals surface area contributed by atoms with Crippen molar-refractivity contribution in [1.82, 2.24) is 19.6 Å². The minimum atomic E-state index is -0.0920. The molecule has 7 heteroatoms. The lowest BCUT2D eigenvalue weighted by atomic mass is 9.94. The molecule has 0 bridgehead atoms. The molecule has 0 aromatic carbocycles. The summed E-state index contributed by atoms with van der Waals surface area (Å²) in [6.07, 6.45) is 8.50. The summed E-state index contributed by atoms with van der Waals surface area (Å²) in [6, 6.07) is 5.40. The predicted octanol–water partition coefficient (Wildman–Crippen LogP) is 2.39. The molecule has 0 spiro atoms. The number of furan rings is 1. The number of amides is 2. The van der Waals surface area contributed by atoms with Crippen LogP contribution in [0.3, 0.4) is 0 Å². The average molecular weight is 370 g/mol. The molecule has 2 saturated heterocycles. The van der Waals surface area contributed by atoms with Crippen LogP contribution in [0, 0.1) is 5.92 Å². The number of likely N-dealkylation sites (tertiary alicyclic amines) is 2. The molecule has 0 unspecified atom stereocenters. The lowest BCUT2D eigenvalue weighted by Crippen LogP contribution is -2.45. The highest BCUT2D eigenvalue weighted by molar-refractivity contribution is 5.91. The number of aromatic nitrogens is 2. The molecular weight excluding hydrogens is 344 g/mol. The maximum absolute atomic E-state index is 12.7. The molecule has 0 atom stereocenters. The molecule has 7 nitrogen and oxygen atoms in total. The summed E-state index contributed by atoms with van der Waals surface area (Å²) in [7, 11) is 0. The standard InChI is InChI=1S/C20H26N4O3/c25-19(22-10-2-1-3-11-22)16-7-13-23(14-8-16)20(26)18-6-5-17(27-18)15-24-12-4-9-21-24/h4-6,9,12,16H,1-3,7-8,10-11,13-15H2. The van der Waals surface area contributed by atoms with Crippen molar-refractivity contribution in [3.05, 3.63) is 42.1 Å². The Morgan fingerprint density at radius 2 is 1.81 bits per heavy atom. The highest BCUT2D eigenvalue weighted by Gasteiger charge is 2.31. The lowest BCUT2D eigenvalue weighted by Gasteiger charge is -2.35. The van der Waals surface area contributed by atoms with Gasteiger partial charge in [0.15, 0.2) is 5.76 Å². The Balaban J connectivity index is 1.30. The van der Waals surface area contributed by atoms with E-state index < -0.39 is 0 Å². The van der Waals surface area contributed by atoms with Crippen LogP contribution in [0.5, 0.6) is 0 Å². The van der Waals surface area contributed by atoms with Gasteiger partial charge < -0.3 is 14.2 Å². The second kappa shape index (κ2) is 7.98. The van der Waals surface area contributed by atoms with E-state index in [-0.39, 0.29) is 17.7 Å². The van der Waals surface area contributed by atoms with E-state index in [0.717, 1.165) is 38.8 Å². The van der Waals surface area contributed by atoms with Gasteiger partial charge in [-0.15, -0.1) is 0 Å². The second-order valence-corrected chi connectivity index (χ2v) is 7.42. The SMILES string of the molecule is O=C(c1ccc(Cn2cccn2)o1)N1CCC(C(=O)N2CCCCC2)CC1. The molecule has 2 aromatic heterocycles. The Labute approximate surface area is 158 Å². The minimum Gasteiger partial charge on any atom is -0.454 e. The zero-order chi connectivity index (χ0) is 18.6. The minimum absolute atomic E-state index is 0.0547. The molecule has 2 aromatic rings. The summed E-state index contributed by atoms with van der Waals surface area (Å²) < 4.78 is 7.47. The van der Waals surface area contributed by atoms with E-state index in [1.54, 1.807) is 21.8 Å². The zero-order valence-electron chi connectivity index (χ0n) is 15.5. The highest BCUT2D eigenvalue weighted by Crippen LogP contribution is 2.23. The van der Waals surface area contributed by atoms with Gasteiger partial charge in [-0.25, -0.2) is 0 Å². The fourth-order valence-corrected chi connectivity index (χ4v) is 3.99. The lowest BCUT2D eigenvalue weighted by molar-refractivity contribution is -0.137.